The fourth-order valence-corrected chi connectivity index (χ4v) is 14.0. The molecule has 0 saturated carbocycles. The van der Waals surface area contributed by atoms with Crippen molar-refractivity contribution in [2.45, 2.75) is 311 Å². The van der Waals surface area contributed by atoms with Crippen LogP contribution in [0.1, 0.15) is 321 Å². The van der Waals surface area contributed by atoms with Gasteiger partial charge in [0, 0.05) is 36.9 Å². The number of hydrogen-bond acceptors (Lipinski definition) is 18. The van der Waals surface area contributed by atoms with Crippen molar-refractivity contribution in [2.24, 2.45) is 0 Å². The van der Waals surface area contributed by atoms with Crippen LogP contribution in [0.25, 0.3) is 0 Å². The van der Waals surface area contributed by atoms with Crippen molar-refractivity contribution >= 4 is 48.6 Å². The zero-order valence-electron chi connectivity index (χ0n) is 66.7. The van der Waals surface area contributed by atoms with Gasteiger partial charge >= 0.3 is 107 Å². The summed E-state index contributed by atoms with van der Waals surface area (Å²) >= 11 is 0. The van der Waals surface area contributed by atoms with Gasteiger partial charge in [0.05, 0.1) is 51.2 Å². The molecule has 1 aliphatic heterocycles. The summed E-state index contributed by atoms with van der Waals surface area (Å²) in [5, 5.41) is 7.69. The van der Waals surface area contributed by atoms with Crippen molar-refractivity contribution in [3.63, 3.8) is 0 Å². The van der Waals surface area contributed by atoms with Gasteiger partial charge in [-0.2, -0.15) is 0 Å². The molecule has 4 rings (SSSR count). The van der Waals surface area contributed by atoms with E-state index in [0.29, 0.717) is 12.8 Å². The summed E-state index contributed by atoms with van der Waals surface area (Å²) < 4.78 is 130. The number of alkyl carbamates (subject to hydrolysis) is 3. The molecule has 586 valence electrons. The minimum absolute atomic E-state index is 0. The van der Waals surface area contributed by atoms with Gasteiger partial charge in [0.1, 0.15) is 35.6 Å². The van der Waals surface area contributed by atoms with E-state index in [0.717, 1.165) is 126 Å². The fraction of sp³-hybridized carbons (Fsp3) is 0.731. The Morgan fingerprint density at radius 2 is 0.771 bits per heavy atom. The molecular formula is C78H130N3Na3O18S3. The van der Waals surface area contributed by atoms with E-state index < -0.39 is 78.1 Å². The summed E-state index contributed by atoms with van der Waals surface area (Å²) in [5.41, 5.74) is 8.00. The third-order valence-corrected chi connectivity index (χ3v) is 20.9. The minimum atomic E-state index is -4.29. The number of benzene rings is 3. The van der Waals surface area contributed by atoms with E-state index >= 15 is 0 Å². The third kappa shape index (κ3) is 52.5. The quantitative estimate of drug-likeness (QED) is 0.0205. The molecule has 3 unspecified atom stereocenters. The molecule has 0 bridgehead atoms. The second kappa shape index (κ2) is 63.2. The molecule has 3 atom stereocenters. The first-order valence-corrected chi connectivity index (χ1v) is 43.2. The van der Waals surface area contributed by atoms with Gasteiger partial charge in [-0.05, 0) is 173 Å². The van der Waals surface area contributed by atoms with Crippen molar-refractivity contribution in [1.29, 1.82) is 0 Å². The smallest absolute Gasteiger partial charge is 0.748 e. The first-order chi connectivity index (χ1) is 48.8. The van der Waals surface area contributed by atoms with Crippen LogP contribution in [0.3, 0.4) is 0 Å². The molecule has 0 saturated heterocycles. The Hall–Kier alpha value is -2.40. The first kappa shape index (κ1) is 105. The largest absolute Gasteiger partial charge is 1.00 e. The van der Waals surface area contributed by atoms with Crippen LogP contribution in [0.5, 0.6) is 17.2 Å². The average Bonchev–Trinajstić information content (AvgIpc) is 0.840. The molecule has 0 aliphatic carbocycles. The maximum absolute atomic E-state index is 12.4. The molecule has 21 nitrogen and oxygen atoms in total. The average molecular weight is 1560 g/mol. The topological polar surface area (TPSA) is 314 Å². The molecule has 0 radical (unpaired) electrons. The number of rotatable bonds is 53. The predicted octanol–water partition coefficient (Wildman–Crippen LogP) is 9.69. The standard InChI is InChI=1S/C26H43NO6S.2C26H45NO6S.3Na/c1-2-3-4-5-6-7-8-9-10-11-15-25(33-26(28)27-18-13-20-34(29,30)31)23-16-17-24-22(21-23)14-12-19-32-24;1-5-6-7-8-9-10-11-12-13-14-16-25(23-17-18-24(32-4)22(3)21(23)2)33-26(28)27-19-15-20-34(29,30)31;1-5-6-7-8-9-10-11-12-13-14-16-24(23-19-22(3)25(32-4)20-21(23)2)33-26(28)27-17-15-18-34(29,30)31;;;/h16-17,21,25H,2-15,18-20H2,1H3,(H,27,28)(H,29,30,31);17-18,25H,5-16,19-20H2,1-4H3,(H,27,28)(H,29,30,31);19-20,24H,5-18H2,1-4H3,(H,27,28)(H,29,30,31);;;/q;;;3*+1/p-3. The van der Waals surface area contributed by atoms with Crippen molar-refractivity contribution < 1.29 is 170 Å². The van der Waals surface area contributed by atoms with E-state index in [2.05, 4.69) is 42.8 Å². The normalized spacial score (nSPS) is 12.6. The van der Waals surface area contributed by atoms with E-state index in [1.54, 1.807) is 14.2 Å². The Labute approximate surface area is 700 Å². The van der Waals surface area contributed by atoms with Gasteiger partial charge in [-0.25, -0.2) is 39.6 Å². The zero-order chi connectivity index (χ0) is 75.4. The summed E-state index contributed by atoms with van der Waals surface area (Å²) in [6, 6.07) is 13.8. The van der Waals surface area contributed by atoms with Crippen LogP contribution < -0.4 is 119 Å². The molecule has 3 aromatic carbocycles. The summed E-state index contributed by atoms with van der Waals surface area (Å²) in [7, 11) is -9.59. The van der Waals surface area contributed by atoms with Gasteiger partial charge in [-0.3, -0.25) is 0 Å². The van der Waals surface area contributed by atoms with Gasteiger partial charge in [0.15, 0.2) is 0 Å². The number of hydrogen-bond donors (Lipinski definition) is 3. The van der Waals surface area contributed by atoms with Crippen molar-refractivity contribution in [1.82, 2.24) is 16.0 Å². The van der Waals surface area contributed by atoms with Gasteiger partial charge in [0.2, 0.25) is 0 Å². The Morgan fingerprint density at radius 3 is 1.14 bits per heavy atom. The number of aryl methyl sites for hydroxylation is 3. The van der Waals surface area contributed by atoms with Crippen LogP contribution in [-0.4, -0.2) is 115 Å². The number of carbonyl (C=O) groups excluding carboxylic acids is 3. The van der Waals surface area contributed by atoms with Crippen LogP contribution in [0.2, 0.25) is 0 Å². The SMILES string of the molecule is CCCCCCCCCCCCC(OC(=O)NCCCS(=O)(=O)[O-])c1cc(C)c(OC)cc1C.CCCCCCCCCCCCC(OC(=O)NCCCS(=O)(=O)[O-])c1ccc(OC)c(C)c1C.CCCCCCCCCCCCC(OC(=O)NCCCS(=O)(=O)[O-])c1ccc2c(c1)CCCO2.[Na+].[Na+].[Na+]. The van der Waals surface area contributed by atoms with Crippen LogP contribution in [0.4, 0.5) is 14.4 Å². The van der Waals surface area contributed by atoms with Crippen molar-refractivity contribution in [3.8, 4) is 17.2 Å². The molecule has 0 fully saturated rings. The van der Waals surface area contributed by atoms with Gasteiger partial charge in [-0.15, -0.1) is 0 Å². The number of unbranched alkanes of at least 4 members (excludes halogenated alkanes) is 27. The Kier molecular flexibility index (Phi) is 62.9. The molecule has 1 aliphatic rings. The number of fused-ring (bicyclic) bond motifs is 1. The molecule has 1 heterocycles. The van der Waals surface area contributed by atoms with Crippen LogP contribution in [0.15, 0.2) is 42.5 Å². The number of methoxy groups -OCH3 is 2. The fourth-order valence-electron chi connectivity index (χ4n) is 12.5. The van der Waals surface area contributed by atoms with E-state index in [1.165, 1.54) is 154 Å². The molecular weight excluding hydrogens is 1430 g/mol. The van der Waals surface area contributed by atoms with Crippen LogP contribution in [-0.2, 0) is 51.0 Å². The van der Waals surface area contributed by atoms with Crippen molar-refractivity contribution in [3.05, 3.63) is 87.0 Å². The maximum atomic E-state index is 12.4. The van der Waals surface area contributed by atoms with E-state index in [1.807, 2.05) is 64.1 Å². The molecule has 3 aromatic rings. The Morgan fingerprint density at radius 1 is 0.419 bits per heavy atom. The summed E-state index contributed by atoms with van der Waals surface area (Å²) in [4.78, 5) is 37.1. The number of ether oxygens (including phenoxy) is 6. The molecule has 3 N–H and O–H groups in total. The third-order valence-electron chi connectivity index (χ3n) is 18.5. The minimum Gasteiger partial charge on any atom is -0.748 e. The predicted molar refractivity (Wildman–Crippen MR) is 404 cm³/mol. The Bertz CT molecular complexity index is 3070. The molecule has 105 heavy (non-hydrogen) atoms. The van der Waals surface area contributed by atoms with Gasteiger partial charge in [0.25, 0.3) is 0 Å². The number of carbonyl (C=O) groups is 3. The second-order valence-electron chi connectivity index (χ2n) is 27.3. The first-order valence-electron chi connectivity index (χ1n) is 38.4. The van der Waals surface area contributed by atoms with Crippen LogP contribution >= 0.6 is 0 Å². The molecule has 0 spiro atoms. The summed E-state index contributed by atoms with van der Waals surface area (Å²) in [6.45, 7) is 15.6. The van der Waals surface area contributed by atoms with Crippen molar-refractivity contribution in [2.75, 3.05) is 57.7 Å². The van der Waals surface area contributed by atoms with E-state index in [9.17, 15) is 53.3 Å². The zero-order valence-corrected chi connectivity index (χ0v) is 75.1. The molecule has 0 aromatic heterocycles. The number of nitrogens with one attached hydrogen (secondary N) is 3. The maximum Gasteiger partial charge on any atom is 1.00 e. The van der Waals surface area contributed by atoms with E-state index in [-0.39, 0.29) is 134 Å². The van der Waals surface area contributed by atoms with Gasteiger partial charge < -0.3 is 58.0 Å². The van der Waals surface area contributed by atoms with Gasteiger partial charge in [-0.1, -0.05) is 206 Å². The number of amides is 3. The summed E-state index contributed by atoms with van der Waals surface area (Å²) in [5.74, 6) is 0.971. The Balaban J connectivity index is 0. The van der Waals surface area contributed by atoms with E-state index in [4.69, 9.17) is 28.4 Å². The van der Waals surface area contributed by atoms with Crippen LogP contribution in [0, 0.1) is 27.7 Å². The summed E-state index contributed by atoms with van der Waals surface area (Å²) in [6.07, 6.45) is 38.3. The monoisotopic (exact) mass is 1560 g/mol. The second-order valence-corrected chi connectivity index (χ2v) is 31.9. The molecule has 27 heteroatoms. The molecule has 3 amide bonds.